The number of carbonyl (C=O) groups excluding carboxylic acids is 2. The minimum atomic E-state index is -4.31. The van der Waals surface area contributed by atoms with Crippen LogP contribution in [0.15, 0.2) is 112 Å². The molecule has 1 atom stereocenters. The first-order valence-electron chi connectivity index (χ1n) is 13.3. The van der Waals surface area contributed by atoms with Gasteiger partial charge in [0.15, 0.2) is 0 Å². The zero-order valence-corrected chi connectivity index (χ0v) is 26.0. The number of amides is 2. The quantitative estimate of drug-likeness (QED) is 0.225. The summed E-state index contributed by atoms with van der Waals surface area (Å²) in [5.41, 5.74) is 1.65. The molecule has 4 rings (SSSR count). The van der Waals surface area contributed by atoms with Crippen LogP contribution in [0, 0.1) is 5.82 Å². The van der Waals surface area contributed by atoms with Crippen LogP contribution in [0.5, 0.6) is 5.75 Å². The molecule has 0 fully saturated rings. The maximum absolute atomic E-state index is 14.2. The average molecular weight is 669 g/mol. The molecule has 0 unspecified atom stereocenters. The zero-order valence-electron chi connectivity index (χ0n) is 23.6. The van der Waals surface area contributed by atoms with E-state index >= 15 is 0 Å². The topological polar surface area (TPSA) is 96.0 Å². The molecular formula is C32H31BrFN3O5S. The molecule has 0 spiro atoms. The van der Waals surface area contributed by atoms with Crippen LogP contribution in [0.4, 0.5) is 10.1 Å². The van der Waals surface area contributed by atoms with E-state index in [2.05, 4.69) is 21.2 Å². The molecule has 11 heteroatoms. The Bertz CT molecular complexity index is 1650. The minimum Gasteiger partial charge on any atom is -0.497 e. The number of hydrogen-bond acceptors (Lipinski definition) is 5. The molecule has 0 aliphatic rings. The number of rotatable bonds is 12. The molecule has 224 valence electrons. The Morgan fingerprint density at radius 2 is 1.56 bits per heavy atom. The van der Waals surface area contributed by atoms with E-state index in [9.17, 15) is 22.4 Å². The van der Waals surface area contributed by atoms with Gasteiger partial charge in [0.1, 0.15) is 24.2 Å². The fourth-order valence-electron chi connectivity index (χ4n) is 4.56. The molecule has 0 aliphatic carbocycles. The van der Waals surface area contributed by atoms with Gasteiger partial charge < -0.3 is 15.0 Å². The van der Waals surface area contributed by atoms with E-state index in [-0.39, 0.29) is 23.5 Å². The molecule has 0 radical (unpaired) electrons. The number of benzene rings is 4. The lowest BCUT2D eigenvalue weighted by Gasteiger charge is -2.33. The van der Waals surface area contributed by atoms with Crippen molar-refractivity contribution >= 4 is 43.5 Å². The van der Waals surface area contributed by atoms with Crippen molar-refractivity contribution in [1.82, 2.24) is 10.2 Å². The molecule has 1 N–H and O–H groups in total. The van der Waals surface area contributed by atoms with E-state index in [0.717, 1.165) is 32.0 Å². The molecule has 0 bridgehead atoms. The van der Waals surface area contributed by atoms with Crippen molar-refractivity contribution in [1.29, 1.82) is 0 Å². The molecule has 0 heterocycles. The SMILES string of the molecule is CNC(=O)[C@H](Cc1ccccc1)N(Cc1cccc(Br)c1)C(=O)CN(c1ccc(F)cc1)S(=O)(=O)c1ccc(OC)cc1. The van der Waals surface area contributed by atoms with Crippen molar-refractivity contribution in [3.05, 3.63) is 125 Å². The Kier molecular flexibility index (Phi) is 10.5. The Morgan fingerprint density at radius 1 is 0.907 bits per heavy atom. The predicted octanol–water partition coefficient (Wildman–Crippen LogP) is 5.18. The Balaban J connectivity index is 1.78. The normalized spacial score (nSPS) is 11.8. The van der Waals surface area contributed by atoms with E-state index in [0.29, 0.717) is 5.75 Å². The van der Waals surface area contributed by atoms with Gasteiger partial charge in [-0.1, -0.05) is 58.4 Å². The first-order valence-corrected chi connectivity index (χ1v) is 15.6. The van der Waals surface area contributed by atoms with Crippen LogP contribution in [0.1, 0.15) is 11.1 Å². The van der Waals surface area contributed by atoms with Crippen LogP contribution in [-0.2, 0) is 32.6 Å². The van der Waals surface area contributed by atoms with Gasteiger partial charge in [-0.25, -0.2) is 12.8 Å². The van der Waals surface area contributed by atoms with Crippen LogP contribution in [0.25, 0.3) is 0 Å². The number of likely N-dealkylation sites (N-methyl/N-ethyl adjacent to an activating group) is 1. The van der Waals surface area contributed by atoms with Crippen LogP contribution in [-0.4, -0.2) is 51.9 Å². The first-order chi connectivity index (χ1) is 20.6. The summed E-state index contributed by atoms with van der Waals surface area (Å²) >= 11 is 3.45. The van der Waals surface area contributed by atoms with Crippen molar-refractivity contribution in [2.24, 2.45) is 0 Å². The minimum absolute atomic E-state index is 0.0308. The summed E-state index contributed by atoms with van der Waals surface area (Å²) in [5, 5.41) is 2.65. The van der Waals surface area contributed by atoms with Gasteiger partial charge in [0, 0.05) is 24.5 Å². The standard InChI is InChI=1S/C32H31BrFN3O5S/c1-35-32(39)30(20-23-7-4-3-5-8-23)36(21-24-9-6-10-25(33)19-24)31(38)22-37(27-13-11-26(34)12-14-27)43(40,41)29-17-15-28(42-2)16-18-29/h3-19,30H,20-22H2,1-2H3,(H,35,39)/t30-/m0/s1. The number of nitrogens with zero attached hydrogens (tertiary/aromatic N) is 2. The Morgan fingerprint density at radius 3 is 2.16 bits per heavy atom. The first kappa shape index (κ1) is 31.7. The predicted molar refractivity (Wildman–Crippen MR) is 167 cm³/mol. The van der Waals surface area contributed by atoms with E-state index < -0.39 is 40.2 Å². The third-order valence-corrected chi connectivity index (χ3v) is 9.08. The summed E-state index contributed by atoms with van der Waals surface area (Å²) in [4.78, 5) is 28.8. The number of halogens is 2. The highest BCUT2D eigenvalue weighted by Crippen LogP contribution is 2.27. The average Bonchev–Trinajstić information content (AvgIpc) is 3.02. The second kappa shape index (κ2) is 14.3. The summed E-state index contributed by atoms with van der Waals surface area (Å²) in [5.74, 6) is -1.13. The highest BCUT2D eigenvalue weighted by Gasteiger charge is 2.34. The van der Waals surface area contributed by atoms with Crippen LogP contribution in [0.3, 0.4) is 0 Å². The monoisotopic (exact) mass is 667 g/mol. The van der Waals surface area contributed by atoms with Gasteiger partial charge in [-0.15, -0.1) is 0 Å². The fraction of sp³-hybridized carbons (Fsp3) is 0.188. The van der Waals surface area contributed by atoms with Gasteiger partial charge in [-0.3, -0.25) is 13.9 Å². The third-order valence-electron chi connectivity index (χ3n) is 6.80. The number of hydrogen-bond donors (Lipinski definition) is 1. The molecule has 0 aliphatic heterocycles. The zero-order chi connectivity index (χ0) is 31.0. The van der Waals surface area contributed by atoms with Gasteiger partial charge in [0.05, 0.1) is 17.7 Å². The lowest BCUT2D eigenvalue weighted by molar-refractivity contribution is -0.139. The van der Waals surface area contributed by atoms with Crippen molar-refractivity contribution in [2.45, 2.75) is 23.9 Å². The number of ether oxygens (including phenoxy) is 1. The van der Waals surface area contributed by atoms with Crippen molar-refractivity contribution in [3.8, 4) is 5.75 Å². The lowest BCUT2D eigenvalue weighted by Crippen LogP contribution is -2.53. The molecule has 2 amide bonds. The van der Waals surface area contributed by atoms with Gasteiger partial charge >= 0.3 is 0 Å². The summed E-state index contributed by atoms with van der Waals surface area (Å²) in [7, 11) is -1.36. The van der Waals surface area contributed by atoms with Gasteiger partial charge in [-0.2, -0.15) is 0 Å². The Hall–Kier alpha value is -4.22. The second-order valence-corrected chi connectivity index (χ2v) is 12.4. The van der Waals surface area contributed by atoms with Crippen molar-refractivity contribution in [2.75, 3.05) is 25.0 Å². The number of methoxy groups -OCH3 is 1. The van der Waals surface area contributed by atoms with Gasteiger partial charge in [-0.05, 0) is 71.8 Å². The molecule has 4 aromatic carbocycles. The molecule has 4 aromatic rings. The highest BCUT2D eigenvalue weighted by atomic mass is 79.9. The van der Waals surface area contributed by atoms with E-state index in [1.54, 1.807) is 0 Å². The molecule has 0 saturated carbocycles. The molecular weight excluding hydrogens is 637 g/mol. The maximum Gasteiger partial charge on any atom is 0.264 e. The number of sulfonamides is 1. The Labute approximate surface area is 259 Å². The molecule has 43 heavy (non-hydrogen) atoms. The lowest BCUT2D eigenvalue weighted by atomic mass is 10.0. The van der Waals surface area contributed by atoms with E-state index in [4.69, 9.17) is 4.74 Å². The van der Waals surface area contributed by atoms with Crippen LogP contribution >= 0.6 is 15.9 Å². The van der Waals surface area contributed by atoms with E-state index in [1.807, 2.05) is 54.6 Å². The maximum atomic E-state index is 14.2. The van der Waals surface area contributed by atoms with E-state index in [1.165, 1.54) is 55.5 Å². The smallest absolute Gasteiger partial charge is 0.264 e. The number of carbonyl (C=O) groups is 2. The van der Waals surface area contributed by atoms with Crippen LogP contribution < -0.4 is 14.4 Å². The summed E-state index contributed by atoms with van der Waals surface area (Å²) < 4.78 is 48.6. The van der Waals surface area contributed by atoms with Gasteiger partial charge in [0.2, 0.25) is 11.8 Å². The molecule has 8 nitrogen and oxygen atoms in total. The van der Waals surface area contributed by atoms with Crippen molar-refractivity contribution in [3.63, 3.8) is 0 Å². The number of nitrogens with one attached hydrogen (secondary N) is 1. The summed E-state index contributed by atoms with van der Waals surface area (Å²) in [6.07, 6.45) is 0.196. The second-order valence-electron chi connectivity index (χ2n) is 9.63. The molecule has 0 saturated heterocycles. The number of anilines is 1. The third kappa shape index (κ3) is 7.99. The van der Waals surface area contributed by atoms with Gasteiger partial charge in [0.25, 0.3) is 10.0 Å². The summed E-state index contributed by atoms with van der Waals surface area (Å²) in [6.45, 7) is -0.612. The molecule has 0 aromatic heterocycles. The largest absolute Gasteiger partial charge is 0.497 e. The van der Waals surface area contributed by atoms with Crippen molar-refractivity contribution < 1.29 is 27.1 Å². The van der Waals surface area contributed by atoms with Crippen LogP contribution in [0.2, 0.25) is 0 Å². The fourth-order valence-corrected chi connectivity index (χ4v) is 6.42. The highest BCUT2D eigenvalue weighted by molar-refractivity contribution is 9.10. The summed E-state index contributed by atoms with van der Waals surface area (Å²) in [6, 6.07) is 26.2.